The van der Waals surface area contributed by atoms with Gasteiger partial charge >= 0.3 is 11.9 Å². The van der Waals surface area contributed by atoms with E-state index in [1.807, 2.05) is 0 Å². The molecule has 0 aliphatic rings. The Morgan fingerprint density at radius 3 is 2.67 bits per heavy atom. The molecule has 1 rings (SSSR count). The Hall–Kier alpha value is -2.28. The van der Waals surface area contributed by atoms with E-state index < -0.39 is 36.9 Å². The summed E-state index contributed by atoms with van der Waals surface area (Å²) in [5.41, 5.74) is 0. The van der Waals surface area contributed by atoms with Gasteiger partial charge < -0.3 is 19.9 Å². The Morgan fingerprint density at radius 2 is 2.10 bits per heavy atom. The van der Waals surface area contributed by atoms with Crippen molar-refractivity contribution in [1.29, 1.82) is 0 Å². The monoisotopic (exact) mass is 315 g/mol. The number of halogens is 1. The number of aliphatic carboxylic acids is 1. The van der Waals surface area contributed by atoms with E-state index in [0.29, 0.717) is 10.8 Å². The van der Waals surface area contributed by atoms with E-state index in [9.17, 15) is 14.4 Å². The molecule has 1 aromatic rings. The van der Waals surface area contributed by atoms with Gasteiger partial charge in [0.2, 0.25) is 0 Å². The standard InChI is InChI=1S/C13H14ClNO6/c1-20-12(17)6-10(13(18)19)15-11(16)7-21-9-4-2-3-8(14)5-9/h2-5,10H,6-7H2,1H3,(H,15,16)(H,18,19)/t10-/m0/s1. The van der Waals surface area contributed by atoms with Gasteiger partial charge in [-0.05, 0) is 18.2 Å². The third-order valence-corrected chi connectivity index (χ3v) is 2.63. The van der Waals surface area contributed by atoms with Crippen molar-refractivity contribution in [3.05, 3.63) is 29.3 Å². The first-order valence-electron chi connectivity index (χ1n) is 5.89. The zero-order chi connectivity index (χ0) is 15.8. The molecule has 0 fully saturated rings. The number of rotatable bonds is 7. The average Bonchev–Trinajstić information content (AvgIpc) is 2.44. The van der Waals surface area contributed by atoms with E-state index in [4.69, 9.17) is 21.4 Å². The third-order valence-electron chi connectivity index (χ3n) is 2.40. The van der Waals surface area contributed by atoms with Gasteiger partial charge in [0.05, 0.1) is 13.5 Å². The highest BCUT2D eigenvalue weighted by molar-refractivity contribution is 6.30. The number of carbonyl (C=O) groups excluding carboxylic acids is 2. The molecular weight excluding hydrogens is 302 g/mol. The molecule has 0 spiro atoms. The van der Waals surface area contributed by atoms with Gasteiger partial charge in [-0.3, -0.25) is 9.59 Å². The molecule has 0 saturated carbocycles. The van der Waals surface area contributed by atoms with Gasteiger partial charge in [-0.1, -0.05) is 17.7 Å². The van der Waals surface area contributed by atoms with Gasteiger partial charge in [-0.25, -0.2) is 4.79 Å². The topological polar surface area (TPSA) is 102 Å². The van der Waals surface area contributed by atoms with Crippen LogP contribution in [0.25, 0.3) is 0 Å². The second-order valence-corrected chi connectivity index (χ2v) is 4.42. The molecular formula is C13H14ClNO6. The van der Waals surface area contributed by atoms with Crippen LogP contribution in [0.3, 0.4) is 0 Å². The van der Waals surface area contributed by atoms with Crippen molar-refractivity contribution >= 4 is 29.4 Å². The van der Waals surface area contributed by atoms with E-state index in [-0.39, 0.29) is 0 Å². The van der Waals surface area contributed by atoms with Gasteiger partial charge in [-0.2, -0.15) is 0 Å². The number of hydrogen-bond donors (Lipinski definition) is 2. The van der Waals surface area contributed by atoms with Gasteiger partial charge in [0, 0.05) is 5.02 Å². The van der Waals surface area contributed by atoms with Crippen molar-refractivity contribution in [3.63, 3.8) is 0 Å². The SMILES string of the molecule is COC(=O)C[C@H](NC(=O)COc1cccc(Cl)c1)C(=O)O. The van der Waals surface area contributed by atoms with Gasteiger partial charge in [0.15, 0.2) is 6.61 Å². The lowest BCUT2D eigenvalue weighted by Gasteiger charge is -2.13. The number of carboxylic acids is 1. The minimum Gasteiger partial charge on any atom is -0.484 e. The molecule has 114 valence electrons. The molecule has 0 unspecified atom stereocenters. The molecule has 8 heteroatoms. The fraction of sp³-hybridized carbons (Fsp3) is 0.308. The van der Waals surface area contributed by atoms with E-state index in [0.717, 1.165) is 7.11 Å². The summed E-state index contributed by atoms with van der Waals surface area (Å²) < 4.78 is 9.51. The summed E-state index contributed by atoms with van der Waals surface area (Å²) in [6, 6.07) is 5.03. The summed E-state index contributed by atoms with van der Waals surface area (Å²) in [6.07, 6.45) is -0.464. The van der Waals surface area contributed by atoms with Gasteiger partial charge in [0.25, 0.3) is 5.91 Å². The average molecular weight is 316 g/mol. The first kappa shape index (κ1) is 16.8. The predicted octanol–water partition coefficient (Wildman–Crippen LogP) is 0.851. The fourth-order valence-corrected chi connectivity index (χ4v) is 1.57. The normalized spacial score (nSPS) is 11.3. The van der Waals surface area contributed by atoms with Crippen LogP contribution in [0, 0.1) is 0 Å². The summed E-state index contributed by atoms with van der Waals surface area (Å²) in [6.45, 7) is -0.398. The van der Waals surface area contributed by atoms with Crippen molar-refractivity contribution in [2.45, 2.75) is 12.5 Å². The quantitative estimate of drug-likeness (QED) is 0.723. The highest BCUT2D eigenvalue weighted by atomic mass is 35.5. The van der Waals surface area contributed by atoms with E-state index >= 15 is 0 Å². The fourth-order valence-electron chi connectivity index (χ4n) is 1.39. The Morgan fingerprint density at radius 1 is 1.38 bits per heavy atom. The number of carbonyl (C=O) groups is 3. The van der Waals surface area contributed by atoms with Crippen molar-refractivity contribution in [2.24, 2.45) is 0 Å². The third kappa shape index (κ3) is 6.13. The smallest absolute Gasteiger partial charge is 0.326 e. The predicted molar refractivity (Wildman–Crippen MR) is 73.1 cm³/mol. The van der Waals surface area contributed by atoms with E-state index in [2.05, 4.69) is 10.1 Å². The molecule has 0 aliphatic heterocycles. The Bertz CT molecular complexity index is 533. The molecule has 0 radical (unpaired) electrons. The highest BCUT2D eigenvalue weighted by Gasteiger charge is 2.23. The number of amides is 1. The zero-order valence-corrected chi connectivity index (χ0v) is 11.9. The van der Waals surface area contributed by atoms with Crippen molar-refractivity contribution in [3.8, 4) is 5.75 Å². The molecule has 0 aliphatic carbocycles. The number of hydrogen-bond acceptors (Lipinski definition) is 5. The maximum Gasteiger partial charge on any atom is 0.326 e. The summed E-state index contributed by atoms with van der Waals surface area (Å²) in [7, 11) is 1.13. The first-order chi connectivity index (χ1) is 9.92. The van der Waals surface area contributed by atoms with Crippen molar-refractivity contribution in [1.82, 2.24) is 5.32 Å². The molecule has 2 N–H and O–H groups in total. The maximum atomic E-state index is 11.6. The number of benzene rings is 1. The Labute approximate surface area is 125 Å². The second-order valence-electron chi connectivity index (χ2n) is 3.98. The highest BCUT2D eigenvalue weighted by Crippen LogP contribution is 2.16. The number of esters is 1. The lowest BCUT2D eigenvalue weighted by Crippen LogP contribution is -2.44. The minimum absolute atomic E-state index is 0.373. The van der Waals surface area contributed by atoms with Crippen LogP contribution >= 0.6 is 11.6 Å². The number of nitrogens with one attached hydrogen (secondary N) is 1. The molecule has 0 heterocycles. The summed E-state index contributed by atoms with van der Waals surface area (Å²) in [5, 5.41) is 11.5. The van der Waals surface area contributed by atoms with E-state index in [1.54, 1.807) is 18.2 Å². The van der Waals surface area contributed by atoms with Crippen LogP contribution in [0.4, 0.5) is 0 Å². The molecule has 21 heavy (non-hydrogen) atoms. The molecule has 0 bridgehead atoms. The summed E-state index contributed by atoms with van der Waals surface area (Å²) in [4.78, 5) is 33.6. The zero-order valence-electron chi connectivity index (χ0n) is 11.2. The number of methoxy groups -OCH3 is 1. The summed E-state index contributed by atoms with van der Waals surface area (Å²) >= 11 is 5.75. The van der Waals surface area contributed by atoms with E-state index in [1.165, 1.54) is 6.07 Å². The lowest BCUT2D eigenvalue weighted by molar-refractivity contribution is -0.148. The molecule has 7 nitrogen and oxygen atoms in total. The number of ether oxygens (including phenoxy) is 2. The molecule has 0 saturated heterocycles. The number of carboxylic acid groups (broad SMARTS) is 1. The van der Waals surface area contributed by atoms with Crippen LogP contribution in [-0.2, 0) is 19.1 Å². The van der Waals surface area contributed by atoms with Gasteiger partial charge in [-0.15, -0.1) is 0 Å². The maximum absolute atomic E-state index is 11.6. The Kier molecular flexibility index (Phi) is 6.48. The van der Waals surface area contributed by atoms with Crippen LogP contribution in [0.2, 0.25) is 5.02 Å². The van der Waals surface area contributed by atoms with Gasteiger partial charge in [0.1, 0.15) is 11.8 Å². The van der Waals surface area contributed by atoms with Crippen LogP contribution < -0.4 is 10.1 Å². The summed E-state index contributed by atoms with van der Waals surface area (Å²) in [5.74, 6) is -2.38. The largest absolute Gasteiger partial charge is 0.484 e. The molecule has 0 aromatic heterocycles. The second kappa shape index (κ2) is 8.11. The van der Waals surface area contributed by atoms with Crippen molar-refractivity contribution < 1.29 is 29.0 Å². The lowest BCUT2D eigenvalue weighted by atomic mass is 10.2. The first-order valence-corrected chi connectivity index (χ1v) is 6.27. The molecule has 1 amide bonds. The van der Waals surface area contributed by atoms with Crippen LogP contribution in [-0.4, -0.2) is 42.7 Å². The minimum atomic E-state index is -1.37. The molecule has 1 atom stereocenters. The van der Waals surface area contributed by atoms with Crippen molar-refractivity contribution in [2.75, 3.05) is 13.7 Å². The molecule has 1 aromatic carbocycles. The Balaban J connectivity index is 2.50. The van der Waals surface area contributed by atoms with Crippen LogP contribution in [0.5, 0.6) is 5.75 Å². The van der Waals surface area contributed by atoms with Crippen LogP contribution in [0.1, 0.15) is 6.42 Å². The van der Waals surface area contributed by atoms with Crippen LogP contribution in [0.15, 0.2) is 24.3 Å².